The molecule has 3 heterocycles. The molecule has 1 N–H and O–H groups in total. The molecule has 3 rings (SSSR count). The Balaban J connectivity index is 1.63. The third kappa shape index (κ3) is 4.13. The van der Waals surface area contributed by atoms with Gasteiger partial charge < -0.3 is 9.88 Å². The highest BCUT2D eigenvalue weighted by Crippen LogP contribution is 2.12. The lowest BCUT2D eigenvalue weighted by Gasteiger charge is -2.34. The maximum atomic E-state index is 12.5. The molecule has 11 nitrogen and oxygen atoms in total. The highest BCUT2D eigenvalue weighted by Gasteiger charge is 2.28. The third-order valence-electron chi connectivity index (χ3n) is 5.17. The molecular formula is C17H26N6O5S. The molecule has 0 unspecified atom stereocenters. The summed E-state index contributed by atoms with van der Waals surface area (Å²) in [6.45, 7) is 3.14. The number of fused-ring (bicyclic) bond motifs is 1. The molecule has 12 heteroatoms. The number of imidazole rings is 1. The standard InChI is InChI=1S/C17H26N6O5S/c1-4-11-29(27,28)23-9-7-22(8-10-23)13(24)6-5-12-18-14-15(19-12)20(2)17(26)21(3)16(14)25/h4-11H2,1-3H3,(H,18,19). The molecule has 0 aromatic carbocycles. The zero-order valence-corrected chi connectivity index (χ0v) is 17.7. The van der Waals surface area contributed by atoms with Crippen molar-refractivity contribution < 1.29 is 13.2 Å². The van der Waals surface area contributed by atoms with E-state index < -0.39 is 21.3 Å². The van der Waals surface area contributed by atoms with E-state index in [1.807, 2.05) is 6.92 Å². The number of H-pyrrole nitrogens is 1. The number of nitrogens with zero attached hydrogens (tertiary/aromatic N) is 5. The normalized spacial score (nSPS) is 15.9. The highest BCUT2D eigenvalue weighted by molar-refractivity contribution is 7.89. The molecule has 1 amide bonds. The Hall–Kier alpha value is -2.47. The first-order chi connectivity index (χ1) is 13.7. The summed E-state index contributed by atoms with van der Waals surface area (Å²) in [5, 5.41) is 0. The minimum atomic E-state index is -3.25. The Bertz CT molecular complexity index is 1140. The molecule has 0 bridgehead atoms. The van der Waals surface area contributed by atoms with E-state index in [-0.39, 0.29) is 29.2 Å². The van der Waals surface area contributed by atoms with E-state index in [0.717, 1.165) is 4.57 Å². The average Bonchev–Trinajstić information content (AvgIpc) is 3.13. The molecule has 0 atom stereocenters. The van der Waals surface area contributed by atoms with Crippen molar-refractivity contribution in [3.8, 4) is 0 Å². The van der Waals surface area contributed by atoms with Crippen molar-refractivity contribution in [1.82, 2.24) is 28.3 Å². The van der Waals surface area contributed by atoms with E-state index in [1.165, 1.54) is 23.0 Å². The van der Waals surface area contributed by atoms with E-state index >= 15 is 0 Å². The number of hydrogen-bond donors (Lipinski definition) is 1. The minimum absolute atomic E-state index is 0.0974. The van der Waals surface area contributed by atoms with E-state index in [0.29, 0.717) is 44.8 Å². The fourth-order valence-corrected chi connectivity index (χ4v) is 4.97. The second-order valence-corrected chi connectivity index (χ2v) is 9.27. The largest absolute Gasteiger partial charge is 0.340 e. The topological polar surface area (TPSA) is 130 Å². The van der Waals surface area contributed by atoms with Gasteiger partial charge >= 0.3 is 5.69 Å². The Kier molecular flexibility index (Phi) is 5.94. The number of carbonyl (C=O) groups excluding carboxylic acids is 1. The molecule has 1 saturated heterocycles. The zero-order valence-electron chi connectivity index (χ0n) is 16.8. The van der Waals surface area contributed by atoms with Crippen LogP contribution in [0, 0.1) is 0 Å². The Morgan fingerprint density at radius 1 is 1.10 bits per heavy atom. The molecule has 0 spiro atoms. The smallest absolute Gasteiger partial charge is 0.332 e. The molecule has 2 aromatic rings. The second kappa shape index (κ2) is 8.11. The van der Waals surface area contributed by atoms with E-state index in [2.05, 4.69) is 9.97 Å². The van der Waals surface area contributed by atoms with Crippen LogP contribution >= 0.6 is 0 Å². The van der Waals surface area contributed by atoms with Crippen LogP contribution in [-0.2, 0) is 35.3 Å². The quantitative estimate of drug-likeness (QED) is 0.616. The summed E-state index contributed by atoms with van der Waals surface area (Å²) < 4.78 is 28.0. The second-order valence-electron chi connectivity index (χ2n) is 7.18. The zero-order chi connectivity index (χ0) is 21.3. The van der Waals surface area contributed by atoms with Crippen LogP contribution in [0.4, 0.5) is 0 Å². The maximum Gasteiger partial charge on any atom is 0.332 e. The van der Waals surface area contributed by atoms with Crippen LogP contribution in [0.3, 0.4) is 0 Å². The van der Waals surface area contributed by atoms with Crippen LogP contribution in [0.15, 0.2) is 9.59 Å². The first-order valence-electron chi connectivity index (χ1n) is 9.56. The molecule has 1 fully saturated rings. The molecule has 0 aliphatic carbocycles. The number of amides is 1. The summed E-state index contributed by atoms with van der Waals surface area (Å²) in [5.74, 6) is 0.477. The summed E-state index contributed by atoms with van der Waals surface area (Å²) in [5.41, 5.74) is -0.438. The van der Waals surface area contributed by atoms with Crippen molar-refractivity contribution in [2.45, 2.75) is 26.2 Å². The van der Waals surface area contributed by atoms with Gasteiger partial charge in [0.2, 0.25) is 15.9 Å². The van der Waals surface area contributed by atoms with Gasteiger partial charge in [-0.25, -0.2) is 18.2 Å². The number of carbonyl (C=O) groups is 1. The summed E-state index contributed by atoms with van der Waals surface area (Å²) in [6.07, 6.45) is 1.03. The van der Waals surface area contributed by atoms with Gasteiger partial charge in [-0.05, 0) is 6.42 Å². The van der Waals surface area contributed by atoms with E-state index in [4.69, 9.17) is 0 Å². The van der Waals surface area contributed by atoms with Gasteiger partial charge in [0, 0.05) is 53.1 Å². The van der Waals surface area contributed by atoms with Crippen LogP contribution in [-0.4, -0.2) is 74.6 Å². The van der Waals surface area contributed by atoms with Crippen molar-refractivity contribution in [3.05, 3.63) is 26.7 Å². The van der Waals surface area contributed by atoms with Gasteiger partial charge in [0.05, 0.1) is 5.75 Å². The number of piperazine rings is 1. The highest BCUT2D eigenvalue weighted by atomic mass is 32.2. The van der Waals surface area contributed by atoms with Gasteiger partial charge in [-0.1, -0.05) is 6.92 Å². The molecule has 160 valence electrons. The van der Waals surface area contributed by atoms with Gasteiger partial charge in [0.1, 0.15) is 11.3 Å². The first-order valence-corrected chi connectivity index (χ1v) is 11.2. The van der Waals surface area contributed by atoms with Gasteiger partial charge in [-0.3, -0.25) is 18.7 Å². The fraction of sp³-hybridized carbons (Fsp3) is 0.647. The van der Waals surface area contributed by atoms with Crippen molar-refractivity contribution in [1.29, 1.82) is 0 Å². The lowest BCUT2D eigenvalue weighted by atomic mass is 10.2. The lowest BCUT2D eigenvalue weighted by molar-refractivity contribution is -0.132. The summed E-state index contributed by atoms with van der Waals surface area (Å²) in [6, 6.07) is 0. The predicted octanol–water partition coefficient (Wildman–Crippen LogP) is -1.22. The van der Waals surface area contributed by atoms with Crippen LogP contribution in [0.1, 0.15) is 25.6 Å². The van der Waals surface area contributed by atoms with Crippen molar-refractivity contribution in [2.24, 2.45) is 14.1 Å². The lowest BCUT2D eigenvalue weighted by Crippen LogP contribution is -2.51. The molecule has 1 aliphatic heterocycles. The van der Waals surface area contributed by atoms with Crippen molar-refractivity contribution >= 4 is 27.1 Å². The number of aromatic amines is 1. The SMILES string of the molecule is CCCS(=O)(=O)N1CCN(C(=O)CCc2nc3c([nH]2)c(=O)n(C)c(=O)n3C)CC1. The van der Waals surface area contributed by atoms with Gasteiger partial charge in [-0.15, -0.1) is 0 Å². The monoisotopic (exact) mass is 426 g/mol. The third-order valence-corrected chi connectivity index (χ3v) is 7.24. The van der Waals surface area contributed by atoms with Crippen LogP contribution in [0.25, 0.3) is 11.2 Å². The van der Waals surface area contributed by atoms with Gasteiger partial charge in [-0.2, -0.15) is 4.31 Å². The number of sulfonamides is 1. The van der Waals surface area contributed by atoms with Crippen LogP contribution in [0.2, 0.25) is 0 Å². The molecule has 0 saturated carbocycles. The molecule has 0 radical (unpaired) electrons. The van der Waals surface area contributed by atoms with Crippen molar-refractivity contribution in [2.75, 3.05) is 31.9 Å². The van der Waals surface area contributed by atoms with Crippen molar-refractivity contribution in [3.63, 3.8) is 0 Å². The summed E-state index contributed by atoms with van der Waals surface area (Å²) >= 11 is 0. The van der Waals surface area contributed by atoms with Gasteiger partial charge in [0.15, 0.2) is 5.65 Å². The number of nitrogens with one attached hydrogen (secondary N) is 1. The molecule has 2 aromatic heterocycles. The summed E-state index contributed by atoms with van der Waals surface area (Å²) in [4.78, 5) is 45.6. The van der Waals surface area contributed by atoms with Gasteiger partial charge in [0.25, 0.3) is 5.56 Å². The molecule has 29 heavy (non-hydrogen) atoms. The fourth-order valence-electron chi connectivity index (χ4n) is 3.48. The number of aryl methyl sites for hydroxylation is 2. The predicted molar refractivity (Wildman–Crippen MR) is 107 cm³/mol. The number of hydrogen-bond acceptors (Lipinski definition) is 6. The maximum absolute atomic E-state index is 12.5. The average molecular weight is 426 g/mol. The molecule has 1 aliphatic rings. The Morgan fingerprint density at radius 2 is 1.76 bits per heavy atom. The Morgan fingerprint density at radius 3 is 2.38 bits per heavy atom. The number of aromatic nitrogens is 4. The minimum Gasteiger partial charge on any atom is -0.340 e. The van der Waals surface area contributed by atoms with Crippen LogP contribution < -0.4 is 11.2 Å². The molecular weight excluding hydrogens is 400 g/mol. The summed E-state index contributed by atoms with van der Waals surface area (Å²) in [7, 11) is -0.316. The Labute approximate surface area is 168 Å². The van der Waals surface area contributed by atoms with Crippen LogP contribution in [0.5, 0.6) is 0 Å². The number of rotatable bonds is 6. The first kappa shape index (κ1) is 21.2. The van der Waals surface area contributed by atoms with E-state index in [1.54, 1.807) is 4.90 Å². The van der Waals surface area contributed by atoms with E-state index in [9.17, 15) is 22.8 Å².